The molecule has 3 aromatic rings. The second-order valence-electron chi connectivity index (χ2n) is 6.26. The van der Waals surface area contributed by atoms with E-state index in [9.17, 15) is 18.0 Å². The lowest BCUT2D eigenvalue weighted by Gasteiger charge is -2.20. The standard InChI is InChI=1S/C19H17F3N2OS2/c1-11(2)16(27-18-24-14-9-5-6-10-15(14)26-18)17(25)23-13-8-4-3-7-12(13)19(20,21)22/h3-11,16H,1-2H3,(H,23,25). The summed E-state index contributed by atoms with van der Waals surface area (Å²) in [4.78, 5) is 17.2. The van der Waals surface area contributed by atoms with Crippen LogP contribution in [0, 0.1) is 5.92 Å². The lowest BCUT2D eigenvalue weighted by atomic mass is 10.1. The zero-order valence-corrected chi connectivity index (χ0v) is 16.2. The van der Waals surface area contributed by atoms with Gasteiger partial charge in [-0.25, -0.2) is 4.98 Å². The second-order valence-corrected chi connectivity index (χ2v) is 8.68. The molecule has 0 aliphatic rings. The van der Waals surface area contributed by atoms with E-state index in [1.165, 1.54) is 41.3 Å². The third kappa shape index (κ3) is 4.62. The van der Waals surface area contributed by atoms with Crippen molar-refractivity contribution in [1.29, 1.82) is 0 Å². The molecule has 0 aliphatic heterocycles. The molecular weight excluding hydrogens is 393 g/mol. The van der Waals surface area contributed by atoms with Gasteiger partial charge in [0, 0.05) is 0 Å². The normalized spacial score (nSPS) is 13.1. The first kappa shape index (κ1) is 19.7. The molecule has 2 aromatic carbocycles. The third-order valence-electron chi connectivity index (χ3n) is 3.86. The molecule has 0 bridgehead atoms. The highest BCUT2D eigenvalue weighted by Gasteiger charge is 2.34. The highest BCUT2D eigenvalue weighted by atomic mass is 32.2. The van der Waals surface area contributed by atoms with Gasteiger partial charge < -0.3 is 5.32 Å². The van der Waals surface area contributed by atoms with Gasteiger partial charge in [0.05, 0.1) is 26.7 Å². The number of para-hydroxylation sites is 2. The number of carbonyl (C=O) groups is 1. The quantitative estimate of drug-likeness (QED) is 0.519. The molecule has 1 aromatic heterocycles. The SMILES string of the molecule is CC(C)C(Sc1nc2ccccc2s1)C(=O)Nc1ccccc1C(F)(F)F. The van der Waals surface area contributed by atoms with Crippen LogP contribution in [-0.2, 0) is 11.0 Å². The van der Waals surface area contributed by atoms with Crippen molar-refractivity contribution in [2.75, 3.05) is 5.32 Å². The first-order valence-corrected chi connectivity index (χ1v) is 9.94. The number of aromatic nitrogens is 1. The van der Waals surface area contributed by atoms with Crippen molar-refractivity contribution in [2.24, 2.45) is 5.92 Å². The largest absolute Gasteiger partial charge is 0.418 e. The molecule has 0 radical (unpaired) electrons. The van der Waals surface area contributed by atoms with Crippen molar-refractivity contribution >= 4 is 44.9 Å². The Bertz CT molecular complexity index is 920. The van der Waals surface area contributed by atoms with Crippen LogP contribution in [0.15, 0.2) is 52.9 Å². The van der Waals surface area contributed by atoms with E-state index in [4.69, 9.17) is 0 Å². The summed E-state index contributed by atoms with van der Waals surface area (Å²) in [7, 11) is 0. The van der Waals surface area contributed by atoms with Gasteiger partial charge in [-0.05, 0) is 30.2 Å². The molecule has 0 fully saturated rings. The molecule has 0 saturated heterocycles. The van der Waals surface area contributed by atoms with Crippen molar-refractivity contribution < 1.29 is 18.0 Å². The fraction of sp³-hybridized carbons (Fsp3) is 0.263. The molecule has 3 rings (SSSR count). The molecule has 0 spiro atoms. The Labute approximate surface area is 163 Å². The molecule has 1 atom stereocenters. The number of thioether (sulfide) groups is 1. The van der Waals surface area contributed by atoms with Gasteiger partial charge in [0.2, 0.25) is 5.91 Å². The summed E-state index contributed by atoms with van der Waals surface area (Å²) < 4.78 is 41.2. The minimum atomic E-state index is -4.53. The van der Waals surface area contributed by atoms with Gasteiger partial charge in [0.15, 0.2) is 4.34 Å². The monoisotopic (exact) mass is 410 g/mol. The van der Waals surface area contributed by atoms with Crippen LogP contribution in [0.4, 0.5) is 18.9 Å². The molecule has 27 heavy (non-hydrogen) atoms. The van der Waals surface area contributed by atoms with Crippen molar-refractivity contribution in [3.8, 4) is 0 Å². The van der Waals surface area contributed by atoms with Crippen molar-refractivity contribution in [3.63, 3.8) is 0 Å². The number of benzene rings is 2. The van der Waals surface area contributed by atoms with Crippen LogP contribution >= 0.6 is 23.1 Å². The van der Waals surface area contributed by atoms with Gasteiger partial charge in [-0.1, -0.05) is 49.9 Å². The van der Waals surface area contributed by atoms with E-state index >= 15 is 0 Å². The molecule has 142 valence electrons. The maximum atomic E-state index is 13.2. The molecule has 0 aliphatic carbocycles. The topological polar surface area (TPSA) is 42.0 Å². The summed E-state index contributed by atoms with van der Waals surface area (Å²) in [5.74, 6) is -0.550. The first-order valence-electron chi connectivity index (χ1n) is 8.25. The zero-order valence-electron chi connectivity index (χ0n) is 14.6. The number of fused-ring (bicyclic) bond motifs is 1. The lowest BCUT2D eigenvalue weighted by Crippen LogP contribution is -2.30. The van der Waals surface area contributed by atoms with E-state index in [0.717, 1.165) is 16.3 Å². The maximum Gasteiger partial charge on any atom is 0.418 e. The van der Waals surface area contributed by atoms with Gasteiger partial charge >= 0.3 is 6.18 Å². The Kier molecular flexibility index (Phi) is 5.76. The Hall–Kier alpha value is -2.06. The van der Waals surface area contributed by atoms with Crippen LogP contribution in [0.2, 0.25) is 0 Å². The van der Waals surface area contributed by atoms with Gasteiger partial charge in [-0.2, -0.15) is 13.2 Å². The van der Waals surface area contributed by atoms with Crippen molar-refractivity contribution in [1.82, 2.24) is 4.98 Å². The molecule has 0 saturated carbocycles. The summed E-state index contributed by atoms with van der Waals surface area (Å²) in [6.45, 7) is 3.72. The van der Waals surface area contributed by atoms with Crippen LogP contribution < -0.4 is 5.32 Å². The molecule has 8 heteroatoms. The van der Waals surface area contributed by atoms with E-state index in [-0.39, 0.29) is 11.6 Å². The first-order chi connectivity index (χ1) is 12.8. The number of thiazole rings is 1. The highest BCUT2D eigenvalue weighted by molar-refractivity contribution is 8.02. The van der Waals surface area contributed by atoms with Crippen molar-refractivity contribution in [3.05, 3.63) is 54.1 Å². The van der Waals surface area contributed by atoms with Gasteiger partial charge in [-0.15, -0.1) is 11.3 Å². The number of halogens is 3. The van der Waals surface area contributed by atoms with Gasteiger partial charge in [0.1, 0.15) is 0 Å². The Balaban J connectivity index is 1.82. The van der Waals surface area contributed by atoms with E-state index in [0.29, 0.717) is 4.34 Å². The number of hydrogen-bond acceptors (Lipinski definition) is 4. The summed E-state index contributed by atoms with van der Waals surface area (Å²) in [6, 6.07) is 12.6. The summed E-state index contributed by atoms with van der Waals surface area (Å²) >= 11 is 2.74. The van der Waals surface area contributed by atoms with E-state index in [1.54, 1.807) is 0 Å². The number of alkyl halides is 3. The predicted octanol–water partition coefficient (Wildman–Crippen LogP) is 6.07. The lowest BCUT2D eigenvalue weighted by molar-refractivity contribution is -0.137. The summed E-state index contributed by atoms with van der Waals surface area (Å²) in [5.41, 5.74) is -0.244. The number of nitrogens with zero attached hydrogens (tertiary/aromatic N) is 1. The molecular formula is C19H17F3N2OS2. The Morgan fingerprint density at radius 3 is 2.44 bits per heavy atom. The molecule has 3 nitrogen and oxygen atoms in total. The zero-order chi connectivity index (χ0) is 19.6. The fourth-order valence-electron chi connectivity index (χ4n) is 2.55. The van der Waals surface area contributed by atoms with E-state index in [1.807, 2.05) is 38.1 Å². The molecule has 1 unspecified atom stereocenters. The second kappa shape index (κ2) is 7.90. The Morgan fingerprint density at radius 1 is 1.11 bits per heavy atom. The average Bonchev–Trinajstić information content (AvgIpc) is 3.01. The van der Waals surface area contributed by atoms with Crippen LogP contribution in [0.1, 0.15) is 19.4 Å². The number of amides is 1. The van der Waals surface area contributed by atoms with E-state index < -0.39 is 22.9 Å². The van der Waals surface area contributed by atoms with Gasteiger partial charge in [0.25, 0.3) is 0 Å². The number of carbonyl (C=O) groups excluding carboxylic acids is 1. The van der Waals surface area contributed by atoms with E-state index in [2.05, 4.69) is 10.3 Å². The fourth-order valence-corrected chi connectivity index (χ4v) is 4.82. The number of nitrogens with one attached hydrogen (secondary N) is 1. The Morgan fingerprint density at radius 2 is 1.78 bits per heavy atom. The summed E-state index contributed by atoms with van der Waals surface area (Å²) in [6.07, 6.45) is -4.53. The minimum Gasteiger partial charge on any atom is -0.325 e. The van der Waals surface area contributed by atoms with Crippen LogP contribution in [0.25, 0.3) is 10.2 Å². The highest BCUT2D eigenvalue weighted by Crippen LogP contribution is 2.37. The molecule has 1 amide bonds. The number of hydrogen-bond donors (Lipinski definition) is 1. The van der Waals surface area contributed by atoms with Crippen LogP contribution in [0.3, 0.4) is 0 Å². The van der Waals surface area contributed by atoms with Crippen LogP contribution in [0.5, 0.6) is 0 Å². The maximum absolute atomic E-state index is 13.2. The third-order valence-corrected chi connectivity index (χ3v) is 6.53. The van der Waals surface area contributed by atoms with Crippen molar-refractivity contribution in [2.45, 2.75) is 29.6 Å². The predicted molar refractivity (Wildman–Crippen MR) is 104 cm³/mol. The average molecular weight is 410 g/mol. The summed E-state index contributed by atoms with van der Waals surface area (Å²) in [5, 5.41) is 1.89. The van der Waals surface area contributed by atoms with Gasteiger partial charge in [-0.3, -0.25) is 4.79 Å². The smallest absolute Gasteiger partial charge is 0.325 e. The number of anilines is 1. The minimum absolute atomic E-state index is 0.0833. The molecule has 1 heterocycles. The number of rotatable bonds is 5. The molecule has 1 N–H and O–H groups in total. The van der Waals surface area contributed by atoms with Crippen LogP contribution in [-0.4, -0.2) is 16.1 Å².